The van der Waals surface area contributed by atoms with Gasteiger partial charge in [-0.2, -0.15) is 0 Å². The Morgan fingerprint density at radius 1 is 1.11 bits per heavy atom. The molecule has 2 saturated carbocycles. The van der Waals surface area contributed by atoms with Gasteiger partial charge in [0.1, 0.15) is 17.3 Å². The van der Waals surface area contributed by atoms with Crippen LogP contribution in [0.15, 0.2) is 0 Å². The van der Waals surface area contributed by atoms with Crippen LogP contribution in [0.25, 0.3) is 0 Å². The second-order valence-corrected chi connectivity index (χ2v) is 6.34. The van der Waals surface area contributed by atoms with E-state index in [2.05, 4.69) is 0 Å². The smallest absolute Gasteiger partial charge is 0.146 e. The normalized spacial score (nSPS) is 23.8. The fourth-order valence-corrected chi connectivity index (χ4v) is 3.74. The van der Waals surface area contributed by atoms with E-state index in [9.17, 15) is 14.4 Å². The molecule has 0 aliphatic heterocycles. The van der Waals surface area contributed by atoms with Crippen LogP contribution in [0.5, 0.6) is 0 Å². The Bertz CT molecular complexity index is 361. The first kappa shape index (κ1) is 14.4. The molecule has 0 aromatic carbocycles. The molecule has 2 aliphatic rings. The van der Waals surface area contributed by atoms with E-state index in [1.54, 1.807) is 0 Å². The first-order chi connectivity index (χ1) is 9.04. The molecule has 3 nitrogen and oxygen atoms in total. The lowest BCUT2D eigenvalue weighted by Gasteiger charge is -2.32. The largest absolute Gasteiger partial charge is 0.300 e. The van der Waals surface area contributed by atoms with Gasteiger partial charge in [-0.25, -0.2) is 0 Å². The Labute approximate surface area is 115 Å². The van der Waals surface area contributed by atoms with Crippen molar-refractivity contribution in [3.8, 4) is 0 Å². The summed E-state index contributed by atoms with van der Waals surface area (Å²) in [5.41, 5.74) is -0.798. The number of hydrogen-bond donors (Lipinski definition) is 0. The molecule has 0 amide bonds. The predicted octanol–water partition coefficient (Wildman–Crippen LogP) is 3.24. The number of ketones is 3. The van der Waals surface area contributed by atoms with Crippen molar-refractivity contribution in [3.05, 3.63) is 0 Å². The van der Waals surface area contributed by atoms with E-state index >= 15 is 0 Å². The lowest BCUT2D eigenvalue weighted by molar-refractivity contribution is -0.137. The van der Waals surface area contributed by atoms with Crippen molar-refractivity contribution in [1.82, 2.24) is 0 Å². The summed E-state index contributed by atoms with van der Waals surface area (Å²) < 4.78 is 0. The van der Waals surface area contributed by atoms with Gasteiger partial charge in [-0.1, -0.05) is 32.1 Å². The monoisotopic (exact) mass is 264 g/mol. The maximum absolute atomic E-state index is 12.3. The minimum absolute atomic E-state index is 0.0792. The number of Topliss-reactive ketones (excluding diaryl/α,β-unsaturated/α-hetero) is 3. The van der Waals surface area contributed by atoms with Gasteiger partial charge in [0.25, 0.3) is 0 Å². The van der Waals surface area contributed by atoms with E-state index in [0.717, 1.165) is 12.8 Å². The van der Waals surface area contributed by atoms with Crippen LogP contribution in [0.3, 0.4) is 0 Å². The van der Waals surface area contributed by atoms with Gasteiger partial charge < -0.3 is 4.79 Å². The molecule has 2 fully saturated rings. The molecule has 0 bridgehead atoms. The van der Waals surface area contributed by atoms with Crippen LogP contribution in [0.4, 0.5) is 0 Å². The Morgan fingerprint density at radius 3 is 2.21 bits per heavy atom. The number of carbonyl (C=O) groups excluding carboxylic acids is 3. The van der Waals surface area contributed by atoms with Crippen LogP contribution in [-0.2, 0) is 14.4 Å². The van der Waals surface area contributed by atoms with Gasteiger partial charge >= 0.3 is 0 Å². The zero-order chi connectivity index (χ0) is 13.9. The average molecular weight is 264 g/mol. The maximum Gasteiger partial charge on any atom is 0.146 e. The lowest BCUT2D eigenvalue weighted by Crippen LogP contribution is -2.36. The van der Waals surface area contributed by atoms with Gasteiger partial charge in [-0.05, 0) is 25.7 Å². The zero-order valence-electron chi connectivity index (χ0n) is 11.9. The van der Waals surface area contributed by atoms with Crippen LogP contribution in [0, 0.1) is 11.3 Å². The summed E-state index contributed by atoms with van der Waals surface area (Å²) in [5, 5.41) is 0. The van der Waals surface area contributed by atoms with Crippen LogP contribution in [0.2, 0.25) is 0 Å². The van der Waals surface area contributed by atoms with Gasteiger partial charge in [0, 0.05) is 19.3 Å². The van der Waals surface area contributed by atoms with E-state index in [1.165, 1.54) is 26.2 Å². The molecule has 0 saturated heterocycles. The zero-order valence-corrected chi connectivity index (χ0v) is 11.9. The first-order valence-electron chi connectivity index (χ1n) is 7.60. The highest BCUT2D eigenvalue weighted by atomic mass is 16.2. The summed E-state index contributed by atoms with van der Waals surface area (Å²) in [7, 11) is 0. The Balaban J connectivity index is 2.11. The molecule has 3 heteroatoms. The highest BCUT2D eigenvalue weighted by molar-refractivity contribution is 6.13. The molecule has 0 unspecified atom stereocenters. The van der Waals surface area contributed by atoms with Gasteiger partial charge in [0.05, 0.1) is 5.41 Å². The van der Waals surface area contributed by atoms with Crippen molar-refractivity contribution in [2.45, 2.75) is 71.1 Å². The third kappa shape index (κ3) is 3.13. The molecule has 2 rings (SSSR count). The molecule has 19 heavy (non-hydrogen) atoms. The second kappa shape index (κ2) is 5.98. The van der Waals surface area contributed by atoms with E-state index in [-0.39, 0.29) is 17.3 Å². The second-order valence-electron chi connectivity index (χ2n) is 6.34. The van der Waals surface area contributed by atoms with Gasteiger partial charge in [0.2, 0.25) is 0 Å². The van der Waals surface area contributed by atoms with Crippen molar-refractivity contribution in [3.63, 3.8) is 0 Å². The summed E-state index contributed by atoms with van der Waals surface area (Å²) >= 11 is 0. The minimum atomic E-state index is -0.798. The van der Waals surface area contributed by atoms with Crippen molar-refractivity contribution in [2.75, 3.05) is 0 Å². The topological polar surface area (TPSA) is 51.2 Å². The van der Waals surface area contributed by atoms with Crippen molar-refractivity contribution < 1.29 is 14.4 Å². The summed E-state index contributed by atoms with van der Waals surface area (Å²) in [6.45, 7) is 1.54. The molecule has 0 N–H and O–H groups in total. The molecule has 2 aliphatic carbocycles. The van der Waals surface area contributed by atoms with Crippen molar-refractivity contribution in [1.29, 1.82) is 0 Å². The molecular weight excluding hydrogens is 240 g/mol. The summed E-state index contributed by atoms with van der Waals surface area (Å²) in [4.78, 5) is 35.7. The first-order valence-corrected chi connectivity index (χ1v) is 7.60. The highest BCUT2D eigenvalue weighted by Crippen LogP contribution is 2.44. The summed E-state index contributed by atoms with van der Waals surface area (Å²) in [6, 6.07) is 0. The Hall–Kier alpha value is -0.990. The molecular formula is C16H24O3. The molecule has 0 heterocycles. The Morgan fingerprint density at radius 2 is 1.68 bits per heavy atom. The van der Waals surface area contributed by atoms with Crippen LogP contribution in [-0.4, -0.2) is 17.3 Å². The maximum atomic E-state index is 12.3. The molecule has 106 valence electrons. The molecule has 0 radical (unpaired) electrons. The third-order valence-corrected chi connectivity index (χ3v) is 4.91. The van der Waals surface area contributed by atoms with Gasteiger partial charge in [0.15, 0.2) is 0 Å². The SMILES string of the molecule is CC(=O)CCC1(CC2CCCCC2)C(=O)CCC1=O. The average Bonchev–Trinajstić information content (AvgIpc) is 2.66. The minimum Gasteiger partial charge on any atom is -0.300 e. The third-order valence-electron chi connectivity index (χ3n) is 4.91. The quantitative estimate of drug-likeness (QED) is 0.716. The fraction of sp³-hybridized carbons (Fsp3) is 0.812. The van der Waals surface area contributed by atoms with Crippen LogP contribution in [0.1, 0.15) is 71.1 Å². The van der Waals surface area contributed by atoms with Crippen LogP contribution >= 0.6 is 0 Å². The Kier molecular flexibility index (Phi) is 4.54. The lowest BCUT2D eigenvalue weighted by atomic mass is 9.69. The molecule has 0 aromatic heterocycles. The van der Waals surface area contributed by atoms with E-state index in [4.69, 9.17) is 0 Å². The molecule has 0 atom stereocenters. The highest BCUT2D eigenvalue weighted by Gasteiger charge is 2.49. The van der Waals surface area contributed by atoms with E-state index in [0.29, 0.717) is 38.0 Å². The van der Waals surface area contributed by atoms with Crippen LogP contribution < -0.4 is 0 Å². The number of rotatable bonds is 5. The van der Waals surface area contributed by atoms with Crippen molar-refractivity contribution >= 4 is 17.3 Å². The van der Waals surface area contributed by atoms with Gasteiger partial charge in [-0.3, -0.25) is 9.59 Å². The number of hydrogen-bond acceptors (Lipinski definition) is 3. The summed E-state index contributed by atoms with van der Waals surface area (Å²) in [5.74, 6) is 0.788. The van der Waals surface area contributed by atoms with E-state index < -0.39 is 5.41 Å². The van der Waals surface area contributed by atoms with Gasteiger partial charge in [-0.15, -0.1) is 0 Å². The summed E-state index contributed by atoms with van der Waals surface area (Å²) in [6.07, 6.45) is 8.31. The fourth-order valence-electron chi connectivity index (χ4n) is 3.74. The molecule has 0 aromatic rings. The van der Waals surface area contributed by atoms with E-state index in [1.807, 2.05) is 0 Å². The molecule has 0 spiro atoms. The predicted molar refractivity (Wildman–Crippen MR) is 72.8 cm³/mol. The van der Waals surface area contributed by atoms with Crippen molar-refractivity contribution in [2.24, 2.45) is 11.3 Å². The number of carbonyl (C=O) groups is 3. The standard InChI is InChI=1S/C16H24O3/c1-12(17)9-10-16(14(18)7-8-15(16)19)11-13-5-3-2-4-6-13/h13H,2-11H2,1H3.